The molecule has 1 aliphatic rings. The second kappa shape index (κ2) is 28.7. The predicted octanol–water partition coefficient (Wildman–Crippen LogP) is -6.18. The lowest BCUT2D eigenvalue weighted by Gasteiger charge is -2.30. The number of likely N-dealkylation sites (tertiary alicyclic amines) is 1. The number of nitrogens with one attached hydrogen (secondary N) is 7. The molecule has 7 atom stereocenters. The molecule has 0 bridgehead atoms. The van der Waals surface area contributed by atoms with Crippen LogP contribution in [0.4, 0.5) is 0 Å². The number of nitrogens with two attached hydrogens (primary N) is 5. The van der Waals surface area contributed by atoms with E-state index in [-0.39, 0.29) is 37.3 Å². The van der Waals surface area contributed by atoms with Crippen molar-refractivity contribution in [2.24, 2.45) is 28.7 Å². The van der Waals surface area contributed by atoms with Crippen LogP contribution >= 0.6 is 25.3 Å². The van der Waals surface area contributed by atoms with Crippen LogP contribution in [0.2, 0.25) is 0 Å². The van der Waals surface area contributed by atoms with E-state index in [4.69, 9.17) is 28.7 Å². The largest absolute Gasteiger partial charge is 0.370 e. The van der Waals surface area contributed by atoms with E-state index in [1.807, 2.05) is 0 Å². The summed E-state index contributed by atoms with van der Waals surface area (Å²) >= 11 is 8.17. The first kappa shape index (κ1) is 55.1. The van der Waals surface area contributed by atoms with Gasteiger partial charge < -0.3 is 70.8 Å². The van der Waals surface area contributed by atoms with Crippen molar-refractivity contribution in [2.45, 2.75) is 100 Å². The van der Waals surface area contributed by atoms with E-state index in [9.17, 15) is 52.7 Å². The highest BCUT2D eigenvalue weighted by molar-refractivity contribution is 7.80. The van der Waals surface area contributed by atoms with Gasteiger partial charge in [-0.05, 0) is 50.6 Å². The Labute approximate surface area is 386 Å². The van der Waals surface area contributed by atoms with E-state index in [1.54, 1.807) is 30.3 Å². The van der Waals surface area contributed by atoms with Gasteiger partial charge in [0, 0.05) is 30.9 Å². The maximum atomic E-state index is 13.9. The minimum atomic E-state index is -1.75. The van der Waals surface area contributed by atoms with E-state index in [2.05, 4.69) is 62.5 Å². The smallest absolute Gasteiger partial charge is 0.246 e. The lowest BCUT2D eigenvalue weighted by atomic mass is 10.0. The number of nitrogens with zero attached hydrogens (tertiary/aromatic N) is 1. The van der Waals surface area contributed by atoms with Crippen LogP contribution in [0.15, 0.2) is 30.3 Å². The standard InChI is InChI=1S/C39H61N13O11S2/c40-13-5-4-9-23(34(58)45-17-31(44)55)49-38(62)28-10-6-14-52(28)39(63)27(20-65)51-37(61)26(16-30(43)54)50-35(59)24(11-12-29(42)53)48-36(60)25(15-21-7-2-1-3-8-21)47-32(56)18-46-33(57)22(41)19-64/h1-3,7-8,22-28,64-65H,4-6,9-20,40-41H2,(H2,42,53)(H2,43,54)(H2,44,55)(H,45,58)(H,46,57)(H,47,56)(H,48,60)(H,49,62)(H,50,59)(H,51,61)/t22-,23-,24-,25-,26-,27-,28-/m0/s1. The van der Waals surface area contributed by atoms with Gasteiger partial charge in [-0.2, -0.15) is 25.3 Å². The van der Waals surface area contributed by atoms with Crippen molar-refractivity contribution in [3.8, 4) is 0 Å². The number of thiol groups is 2. The monoisotopic (exact) mass is 951 g/mol. The van der Waals surface area contributed by atoms with Gasteiger partial charge >= 0.3 is 0 Å². The zero-order valence-electron chi connectivity index (χ0n) is 35.8. The number of benzene rings is 1. The second-order valence-corrected chi connectivity index (χ2v) is 15.8. The molecule has 1 aliphatic heterocycles. The lowest BCUT2D eigenvalue weighted by Crippen LogP contribution is -2.60. The van der Waals surface area contributed by atoms with Crippen LogP contribution in [0, 0.1) is 0 Å². The van der Waals surface area contributed by atoms with E-state index >= 15 is 0 Å². The first-order valence-electron chi connectivity index (χ1n) is 20.7. The Morgan fingerprint density at radius 3 is 1.85 bits per heavy atom. The molecule has 360 valence electrons. The summed E-state index contributed by atoms with van der Waals surface area (Å²) in [6.07, 6.45) is -0.00524. The third-order valence-corrected chi connectivity index (χ3v) is 10.7. The molecular formula is C39H61N13O11S2. The highest BCUT2D eigenvalue weighted by Gasteiger charge is 2.40. The van der Waals surface area contributed by atoms with Gasteiger partial charge in [0.05, 0.1) is 25.6 Å². The lowest BCUT2D eigenvalue weighted by molar-refractivity contribution is -0.142. The van der Waals surface area contributed by atoms with Crippen molar-refractivity contribution >= 4 is 90.2 Å². The fourth-order valence-corrected chi connectivity index (χ4v) is 6.90. The Morgan fingerprint density at radius 2 is 1.25 bits per heavy atom. The topological polar surface area (TPSA) is 405 Å². The van der Waals surface area contributed by atoms with E-state index in [0.29, 0.717) is 31.4 Å². The Kier molecular flexibility index (Phi) is 24.4. The van der Waals surface area contributed by atoms with Crippen molar-refractivity contribution in [1.29, 1.82) is 0 Å². The fraction of sp³-hybridized carbons (Fsp3) is 0.564. The predicted molar refractivity (Wildman–Crippen MR) is 241 cm³/mol. The molecule has 0 radical (unpaired) electrons. The maximum absolute atomic E-state index is 13.9. The average molecular weight is 952 g/mol. The molecule has 2 rings (SSSR count). The summed E-state index contributed by atoms with van der Waals surface area (Å²) in [6.45, 7) is -0.623. The molecule has 11 amide bonds. The number of amides is 11. The summed E-state index contributed by atoms with van der Waals surface area (Å²) < 4.78 is 0. The molecular weight excluding hydrogens is 891 g/mol. The van der Waals surface area contributed by atoms with Crippen LogP contribution in [-0.2, 0) is 59.2 Å². The first-order valence-corrected chi connectivity index (χ1v) is 22.0. The fourth-order valence-electron chi connectivity index (χ4n) is 6.48. The number of rotatable bonds is 29. The summed E-state index contributed by atoms with van der Waals surface area (Å²) in [7, 11) is 0. The maximum Gasteiger partial charge on any atom is 0.246 e. The molecule has 65 heavy (non-hydrogen) atoms. The van der Waals surface area contributed by atoms with Crippen molar-refractivity contribution in [1.82, 2.24) is 42.1 Å². The minimum absolute atomic E-state index is 0.0000177. The molecule has 1 heterocycles. The SMILES string of the molecule is NCCCC[C@H](NC(=O)[C@@H]1CCCN1C(=O)[C@H](CS)NC(=O)[C@H](CC(N)=O)NC(=O)[C@H](CCC(N)=O)NC(=O)[C@H](Cc1ccccc1)NC(=O)CNC(=O)[C@@H](N)CS)C(=O)NCC(N)=O. The second-order valence-electron chi connectivity index (χ2n) is 15.1. The van der Waals surface area contributed by atoms with Crippen molar-refractivity contribution in [3.63, 3.8) is 0 Å². The molecule has 1 fully saturated rings. The molecule has 0 aromatic heterocycles. The summed E-state index contributed by atoms with van der Waals surface area (Å²) in [5.74, 6) is -9.67. The Hall–Kier alpha value is -5.99. The number of hydrogen-bond acceptors (Lipinski definition) is 15. The normalized spacial score (nSPS) is 15.9. The molecule has 1 aromatic rings. The minimum Gasteiger partial charge on any atom is -0.370 e. The van der Waals surface area contributed by atoms with E-state index in [0.717, 1.165) is 0 Å². The summed E-state index contributed by atoms with van der Waals surface area (Å²) in [5.41, 5.74) is 27.7. The van der Waals surface area contributed by atoms with Crippen LogP contribution in [-0.4, -0.2) is 150 Å². The molecule has 26 heteroatoms. The zero-order valence-corrected chi connectivity index (χ0v) is 37.5. The number of primary amides is 3. The van der Waals surface area contributed by atoms with Crippen LogP contribution in [0.3, 0.4) is 0 Å². The van der Waals surface area contributed by atoms with Crippen molar-refractivity contribution < 1.29 is 52.7 Å². The van der Waals surface area contributed by atoms with Gasteiger partial charge in [-0.3, -0.25) is 52.7 Å². The molecule has 1 saturated heterocycles. The van der Waals surface area contributed by atoms with Gasteiger partial charge in [0.25, 0.3) is 0 Å². The summed E-state index contributed by atoms with van der Waals surface area (Å²) in [5, 5.41) is 17.0. The number of unbranched alkanes of at least 4 members (excludes halogenated alkanes) is 1. The van der Waals surface area contributed by atoms with Gasteiger partial charge in [-0.1, -0.05) is 30.3 Å². The molecule has 0 spiro atoms. The third-order valence-electron chi connectivity index (χ3n) is 9.89. The van der Waals surface area contributed by atoms with Crippen molar-refractivity contribution in [2.75, 3.05) is 37.7 Å². The number of carbonyl (C=O) groups excluding carboxylic acids is 11. The van der Waals surface area contributed by atoms with Crippen molar-refractivity contribution in [3.05, 3.63) is 35.9 Å². The Morgan fingerprint density at radius 1 is 0.646 bits per heavy atom. The third kappa shape index (κ3) is 19.7. The first-order chi connectivity index (χ1) is 30.8. The van der Waals surface area contributed by atoms with Gasteiger partial charge in [0.2, 0.25) is 65.0 Å². The van der Waals surface area contributed by atoms with Gasteiger partial charge in [0.1, 0.15) is 36.3 Å². The molecule has 0 unspecified atom stereocenters. The summed E-state index contributed by atoms with van der Waals surface area (Å²) in [6, 6.07) is -0.850. The highest BCUT2D eigenvalue weighted by Crippen LogP contribution is 2.20. The van der Waals surface area contributed by atoms with Gasteiger partial charge in [-0.25, -0.2) is 0 Å². The van der Waals surface area contributed by atoms with Crippen LogP contribution in [0.1, 0.15) is 56.9 Å². The number of carbonyl (C=O) groups is 11. The quantitative estimate of drug-likeness (QED) is 0.0263. The van der Waals surface area contributed by atoms with E-state index in [1.165, 1.54) is 4.90 Å². The Bertz CT molecular complexity index is 1860. The Balaban J connectivity index is 2.28. The molecule has 0 saturated carbocycles. The molecule has 0 aliphatic carbocycles. The van der Waals surface area contributed by atoms with Crippen LogP contribution in [0.5, 0.6) is 0 Å². The average Bonchev–Trinajstić information content (AvgIpc) is 3.77. The summed E-state index contributed by atoms with van der Waals surface area (Å²) in [4.78, 5) is 143. The van der Waals surface area contributed by atoms with E-state index < -0.39 is 140 Å². The van der Waals surface area contributed by atoms with Gasteiger partial charge in [0.15, 0.2) is 0 Å². The molecule has 24 nitrogen and oxygen atoms in total. The van der Waals surface area contributed by atoms with Crippen LogP contribution in [0.25, 0.3) is 0 Å². The molecule has 17 N–H and O–H groups in total. The molecule has 1 aromatic carbocycles. The zero-order chi connectivity index (χ0) is 48.6. The van der Waals surface area contributed by atoms with Gasteiger partial charge in [-0.15, -0.1) is 0 Å². The highest BCUT2D eigenvalue weighted by atomic mass is 32.1. The van der Waals surface area contributed by atoms with Crippen LogP contribution < -0.4 is 65.9 Å². The number of hydrogen-bond donors (Lipinski definition) is 14.